The summed E-state index contributed by atoms with van der Waals surface area (Å²) in [7, 11) is 0. The minimum atomic E-state index is -0.966. The Balaban J connectivity index is 0.000000158. The Morgan fingerprint density at radius 2 is 1.31 bits per heavy atom. The molecule has 0 amide bonds. The van der Waals surface area contributed by atoms with Gasteiger partial charge in [-0.2, -0.15) is 0 Å². The van der Waals surface area contributed by atoms with Crippen LogP contribution in [0.4, 0.5) is 5.95 Å². The number of H-pyrrole nitrogens is 2. The van der Waals surface area contributed by atoms with Crippen molar-refractivity contribution in [3.05, 3.63) is 61.7 Å². The average molecular weight is 544 g/mol. The monoisotopic (exact) mass is 543 g/mol. The van der Waals surface area contributed by atoms with Crippen LogP contribution in [0.5, 0.6) is 0 Å². The van der Waals surface area contributed by atoms with E-state index in [4.69, 9.17) is 5.73 Å². The van der Waals surface area contributed by atoms with Gasteiger partial charge < -0.3 is 41.4 Å². The molecule has 2 aromatic rings. The smallest absolute Gasteiger partial charge is 0.256 e. The second-order valence-electron chi connectivity index (χ2n) is 10.6. The van der Waals surface area contributed by atoms with Crippen LogP contribution >= 0.6 is 0 Å². The molecule has 6 rings (SSSR count). The maximum atomic E-state index is 11.8. The summed E-state index contributed by atoms with van der Waals surface area (Å²) in [5.74, 6) is -1.26. The Kier molecular flexibility index (Phi) is 7.55. The van der Waals surface area contributed by atoms with E-state index in [0.29, 0.717) is 48.2 Å². The van der Waals surface area contributed by atoms with Crippen LogP contribution in [0.2, 0.25) is 0 Å². The molecule has 13 heteroatoms. The predicted molar refractivity (Wildman–Crippen MR) is 139 cm³/mol. The zero-order valence-corrected chi connectivity index (χ0v) is 21.1. The molecule has 210 valence electrons. The second kappa shape index (κ2) is 10.8. The number of allylic oxidation sites excluding steroid dienone is 2. The van der Waals surface area contributed by atoms with Gasteiger partial charge in [-0.3, -0.25) is 14.6 Å². The Hall–Kier alpha value is -3.20. The molecule has 0 aliphatic heterocycles. The molecule has 4 aliphatic carbocycles. The summed E-state index contributed by atoms with van der Waals surface area (Å²) in [6.45, 7) is -0.336. The number of anilines is 1. The average Bonchev–Trinajstić information content (AvgIpc) is 3.66. The van der Waals surface area contributed by atoms with E-state index in [1.165, 1.54) is 6.33 Å². The van der Waals surface area contributed by atoms with Crippen LogP contribution in [0.3, 0.4) is 0 Å². The van der Waals surface area contributed by atoms with E-state index in [1.54, 1.807) is 0 Å². The van der Waals surface area contributed by atoms with Gasteiger partial charge in [-0.25, -0.2) is 9.97 Å². The van der Waals surface area contributed by atoms with Crippen LogP contribution in [0.15, 0.2) is 28.1 Å². The van der Waals surface area contributed by atoms with Crippen LogP contribution in [-0.4, -0.2) is 88.2 Å². The van der Waals surface area contributed by atoms with Gasteiger partial charge in [0.1, 0.15) is 0 Å². The summed E-state index contributed by atoms with van der Waals surface area (Å²) in [6, 6.07) is 0. The van der Waals surface area contributed by atoms with Crippen molar-refractivity contribution in [2.24, 2.45) is 23.7 Å². The van der Waals surface area contributed by atoms with Gasteiger partial charge in [-0.15, -0.1) is 0 Å². The maximum absolute atomic E-state index is 11.8. The molecule has 4 aliphatic rings. The van der Waals surface area contributed by atoms with E-state index in [-0.39, 0.29) is 54.0 Å². The molecule has 2 fully saturated rings. The van der Waals surface area contributed by atoms with Crippen molar-refractivity contribution in [3.63, 3.8) is 0 Å². The Bertz CT molecular complexity index is 1420. The van der Waals surface area contributed by atoms with Gasteiger partial charge in [0, 0.05) is 48.0 Å². The third-order valence-corrected chi connectivity index (χ3v) is 8.45. The van der Waals surface area contributed by atoms with E-state index in [1.807, 2.05) is 12.2 Å². The number of rotatable bonds is 4. The van der Waals surface area contributed by atoms with Crippen LogP contribution < -0.4 is 16.9 Å². The van der Waals surface area contributed by atoms with Crippen molar-refractivity contribution in [1.82, 2.24) is 19.9 Å². The van der Waals surface area contributed by atoms with Gasteiger partial charge in [0.25, 0.3) is 11.1 Å². The number of aromatic amines is 2. The number of nitrogens with zero attached hydrogens (tertiary/aromatic N) is 2. The van der Waals surface area contributed by atoms with Crippen LogP contribution in [-0.2, 0) is 12.8 Å². The Labute approximate surface area is 222 Å². The van der Waals surface area contributed by atoms with E-state index in [9.17, 15) is 40.2 Å². The van der Waals surface area contributed by atoms with Crippen molar-refractivity contribution in [3.8, 4) is 0 Å². The topological polar surface area (TPSA) is 239 Å². The summed E-state index contributed by atoms with van der Waals surface area (Å²) in [6.07, 6.45) is 3.18. The Morgan fingerprint density at radius 1 is 0.795 bits per heavy atom. The van der Waals surface area contributed by atoms with Gasteiger partial charge in [0.05, 0.1) is 42.1 Å². The van der Waals surface area contributed by atoms with Crippen molar-refractivity contribution >= 4 is 17.1 Å². The number of aromatic nitrogens is 4. The van der Waals surface area contributed by atoms with Gasteiger partial charge in [0.2, 0.25) is 5.95 Å². The number of aliphatic hydroxyl groups excluding tert-OH is 6. The first-order valence-corrected chi connectivity index (χ1v) is 13.0. The summed E-state index contributed by atoms with van der Waals surface area (Å²) < 4.78 is 0. The van der Waals surface area contributed by atoms with Crippen molar-refractivity contribution in [1.29, 1.82) is 0 Å². The first-order chi connectivity index (χ1) is 18.7. The molecule has 2 heterocycles. The SMILES string of the molecule is Nc1nc2c(c(=O)[nH]1)CC=C2C1CC(CO)C(O)C1O.O=c1[nH]cnc2c1CC=C2C1CC(CO)C(O)C1O. The molecule has 0 radical (unpaired) electrons. The normalized spacial score (nSPS) is 32.8. The number of aliphatic hydroxyl groups is 6. The number of hydrogen-bond acceptors (Lipinski definition) is 11. The quantitative estimate of drug-likeness (QED) is 0.199. The molecule has 8 atom stereocenters. The van der Waals surface area contributed by atoms with E-state index < -0.39 is 24.4 Å². The van der Waals surface area contributed by atoms with E-state index >= 15 is 0 Å². The first kappa shape index (κ1) is 27.4. The molecular weight excluding hydrogens is 510 g/mol. The van der Waals surface area contributed by atoms with Crippen molar-refractivity contribution in [2.45, 2.75) is 50.1 Å². The molecule has 2 aromatic heterocycles. The summed E-state index contributed by atoms with van der Waals surface area (Å²) >= 11 is 0. The molecular formula is C26H33N5O8. The number of nitrogen functional groups attached to an aromatic ring is 1. The maximum Gasteiger partial charge on any atom is 0.256 e. The fourth-order valence-electron chi connectivity index (χ4n) is 6.31. The summed E-state index contributed by atoms with van der Waals surface area (Å²) in [5.41, 5.74) is 8.92. The number of hydrogen-bond donors (Lipinski definition) is 9. The van der Waals surface area contributed by atoms with Crippen molar-refractivity contribution < 1.29 is 30.6 Å². The lowest BCUT2D eigenvalue weighted by molar-refractivity contribution is 0.000255. The van der Waals surface area contributed by atoms with Crippen LogP contribution in [0.1, 0.15) is 35.4 Å². The second-order valence-corrected chi connectivity index (χ2v) is 10.6. The molecule has 13 nitrogen and oxygen atoms in total. The number of nitrogens with two attached hydrogens (primary N) is 1. The minimum absolute atomic E-state index is 0.0355. The van der Waals surface area contributed by atoms with Gasteiger partial charge >= 0.3 is 0 Å². The van der Waals surface area contributed by atoms with E-state index in [2.05, 4.69) is 19.9 Å². The van der Waals surface area contributed by atoms with Crippen LogP contribution in [0, 0.1) is 23.7 Å². The highest BCUT2D eigenvalue weighted by Gasteiger charge is 2.45. The fraction of sp³-hybridized carbons (Fsp3) is 0.538. The summed E-state index contributed by atoms with van der Waals surface area (Å²) in [5, 5.41) is 58.4. The number of nitrogens with one attached hydrogen (secondary N) is 2. The lowest BCUT2D eigenvalue weighted by Crippen LogP contribution is -2.30. The highest BCUT2D eigenvalue weighted by molar-refractivity contribution is 5.73. The third kappa shape index (κ3) is 4.75. The van der Waals surface area contributed by atoms with Crippen LogP contribution in [0.25, 0.3) is 11.1 Å². The fourth-order valence-corrected chi connectivity index (χ4v) is 6.31. The standard InChI is InChI=1S/C13H17N3O4.C13H16N2O4/c14-13-15-9-6(1-2-7(9)12(20)16-13)8-3-5(4-17)10(18)11(8)19;16-4-6-3-9(12(18)11(6)17)7-1-2-8-10(7)14-5-15-13(8)19/h1,5,8,10-11,17-19H,2-4H2,(H3,14,15,16,20);1,5-6,9,11-12,16-18H,2-4H2,(H,14,15,19). The molecule has 0 spiro atoms. The molecule has 10 N–H and O–H groups in total. The van der Waals surface area contributed by atoms with E-state index in [0.717, 1.165) is 11.1 Å². The zero-order chi connectivity index (χ0) is 28.0. The number of fused-ring (bicyclic) bond motifs is 2. The van der Waals surface area contributed by atoms with Gasteiger partial charge in [-0.05, 0) is 36.8 Å². The molecule has 0 aromatic carbocycles. The molecule has 39 heavy (non-hydrogen) atoms. The minimum Gasteiger partial charge on any atom is -0.396 e. The molecule has 2 saturated carbocycles. The zero-order valence-electron chi connectivity index (χ0n) is 21.1. The lowest BCUT2D eigenvalue weighted by atomic mass is 9.93. The lowest BCUT2D eigenvalue weighted by Gasteiger charge is -2.18. The van der Waals surface area contributed by atoms with Gasteiger partial charge in [0.15, 0.2) is 0 Å². The Morgan fingerprint density at radius 3 is 1.82 bits per heavy atom. The highest BCUT2D eigenvalue weighted by atomic mass is 16.3. The largest absolute Gasteiger partial charge is 0.396 e. The highest BCUT2D eigenvalue weighted by Crippen LogP contribution is 2.43. The molecule has 0 bridgehead atoms. The molecule has 0 saturated heterocycles. The van der Waals surface area contributed by atoms with Gasteiger partial charge in [-0.1, -0.05) is 12.2 Å². The first-order valence-electron chi connectivity index (χ1n) is 13.0. The predicted octanol–water partition coefficient (Wildman–Crippen LogP) is -2.30. The molecule has 8 unspecified atom stereocenters. The third-order valence-electron chi connectivity index (χ3n) is 8.45. The van der Waals surface area contributed by atoms with Crippen molar-refractivity contribution in [2.75, 3.05) is 18.9 Å². The summed E-state index contributed by atoms with van der Waals surface area (Å²) in [4.78, 5) is 36.8.